The average molecular weight is 458 g/mol. The Morgan fingerprint density at radius 1 is 1.03 bits per heavy atom. The Hall–Kier alpha value is -2.25. The first-order valence-electron chi connectivity index (χ1n) is 9.24. The number of morpholine rings is 1. The van der Waals surface area contributed by atoms with E-state index in [1.807, 2.05) is 0 Å². The molecule has 1 amide bonds. The molecule has 0 atom stereocenters. The Labute approximate surface area is 175 Å². The Morgan fingerprint density at radius 3 is 2.37 bits per heavy atom. The molecule has 164 valence electrons. The monoisotopic (exact) mass is 457 g/mol. The molecule has 1 aromatic heterocycles. The van der Waals surface area contributed by atoms with E-state index in [1.165, 1.54) is 34.8 Å². The van der Waals surface area contributed by atoms with E-state index in [9.17, 15) is 21.6 Å². The lowest BCUT2D eigenvalue weighted by Gasteiger charge is -2.26. The van der Waals surface area contributed by atoms with Crippen LogP contribution in [0.4, 0.5) is 0 Å². The number of furan rings is 1. The summed E-state index contributed by atoms with van der Waals surface area (Å²) in [4.78, 5) is 12.2. The topological polar surface area (TPSA) is 135 Å². The van der Waals surface area contributed by atoms with Crippen LogP contribution in [0.5, 0.6) is 0 Å². The highest BCUT2D eigenvalue weighted by Gasteiger charge is 2.24. The summed E-state index contributed by atoms with van der Waals surface area (Å²) in [7, 11) is -7.23. The quantitative estimate of drug-likeness (QED) is 0.547. The van der Waals surface area contributed by atoms with E-state index in [0.29, 0.717) is 32.1 Å². The standard InChI is InChI=1S/C18H23N3O7S2/c22-18(19-7-13-29(23,24)21-8-11-27-12-9-21)15-3-5-17(6-4-15)30(25,26)20-14-16-2-1-10-28-16/h1-6,10,20H,7-9,11-14H2,(H,19,22). The number of hydrogen-bond acceptors (Lipinski definition) is 7. The second-order valence-corrected chi connectivity index (χ2v) is 10.4. The summed E-state index contributed by atoms with van der Waals surface area (Å²) in [5, 5.41) is 2.54. The first-order chi connectivity index (χ1) is 14.3. The third-order valence-electron chi connectivity index (χ3n) is 4.45. The fourth-order valence-electron chi connectivity index (χ4n) is 2.80. The van der Waals surface area contributed by atoms with Crippen molar-refractivity contribution in [3.63, 3.8) is 0 Å². The van der Waals surface area contributed by atoms with Gasteiger partial charge in [-0.3, -0.25) is 4.79 Å². The second-order valence-electron chi connectivity index (χ2n) is 6.51. The third-order valence-corrected chi connectivity index (χ3v) is 7.74. The number of amides is 1. The fraction of sp³-hybridized carbons (Fsp3) is 0.389. The zero-order chi connectivity index (χ0) is 21.6. The number of carbonyl (C=O) groups excluding carboxylic acids is 1. The van der Waals surface area contributed by atoms with Crippen LogP contribution in [0.2, 0.25) is 0 Å². The number of sulfonamides is 2. The summed E-state index contributed by atoms with van der Waals surface area (Å²) in [6.07, 6.45) is 1.45. The fourth-order valence-corrected chi connectivity index (χ4v) is 5.11. The number of hydrogen-bond donors (Lipinski definition) is 2. The van der Waals surface area contributed by atoms with Crippen molar-refractivity contribution in [2.75, 3.05) is 38.6 Å². The third kappa shape index (κ3) is 5.89. The molecule has 12 heteroatoms. The van der Waals surface area contributed by atoms with E-state index in [4.69, 9.17) is 9.15 Å². The molecule has 1 fully saturated rings. The molecule has 0 radical (unpaired) electrons. The van der Waals surface area contributed by atoms with Gasteiger partial charge >= 0.3 is 0 Å². The summed E-state index contributed by atoms with van der Waals surface area (Å²) in [6.45, 7) is 1.28. The van der Waals surface area contributed by atoms with Gasteiger partial charge in [-0.05, 0) is 36.4 Å². The van der Waals surface area contributed by atoms with Gasteiger partial charge in [0.2, 0.25) is 20.0 Å². The molecule has 2 N–H and O–H groups in total. The van der Waals surface area contributed by atoms with Crippen LogP contribution in [0, 0.1) is 0 Å². The summed E-state index contributed by atoms with van der Waals surface area (Å²) in [6, 6.07) is 8.66. The van der Waals surface area contributed by atoms with Gasteiger partial charge in [0.05, 0.1) is 36.7 Å². The Kier molecular flexibility index (Phi) is 7.26. The van der Waals surface area contributed by atoms with Crippen LogP contribution in [-0.4, -0.2) is 65.6 Å². The summed E-state index contributed by atoms with van der Waals surface area (Å²) < 4.78 is 63.1. The van der Waals surface area contributed by atoms with Crippen molar-refractivity contribution in [2.24, 2.45) is 0 Å². The van der Waals surface area contributed by atoms with Crippen molar-refractivity contribution in [3.8, 4) is 0 Å². The van der Waals surface area contributed by atoms with E-state index in [2.05, 4.69) is 10.0 Å². The van der Waals surface area contributed by atoms with Gasteiger partial charge in [-0.15, -0.1) is 0 Å². The smallest absolute Gasteiger partial charge is 0.251 e. The molecule has 30 heavy (non-hydrogen) atoms. The predicted molar refractivity (Wildman–Crippen MR) is 108 cm³/mol. The number of ether oxygens (including phenoxy) is 1. The first-order valence-corrected chi connectivity index (χ1v) is 12.3. The van der Waals surface area contributed by atoms with Crippen molar-refractivity contribution >= 4 is 26.0 Å². The number of rotatable bonds is 9. The number of nitrogens with zero attached hydrogens (tertiary/aromatic N) is 1. The van der Waals surface area contributed by atoms with Gasteiger partial charge in [-0.25, -0.2) is 21.6 Å². The van der Waals surface area contributed by atoms with Crippen LogP contribution >= 0.6 is 0 Å². The molecule has 10 nitrogen and oxygen atoms in total. The number of carbonyl (C=O) groups is 1. The molecule has 2 aromatic rings. The predicted octanol–water partition coefficient (Wildman–Crippen LogP) is 0.150. The van der Waals surface area contributed by atoms with Crippen LogP contribution in [-0.2, 0) is 31.3 Å². The van der Waals surface area contributed by atoms with E-state index in [-0.39, 0.29) is 29.3 Å². The molecule has 1 saturated heterocycles. The van der Waals surface area contributed by atoms with Crippen LogP contribution in [0.3, 0.4) is 0 Å². The average Bonchev–Trinajstić information content (AvgIpc) is 3.27. The van der Waals surface area contributed by atoms with Crippen molar-refractivity contribution in [1.29, 1.82) is 0 Å². The van der Waals surface area contributed by atoms with Crippen molar-refractivity contribution in [2.45, 2.75) is 11.4 Å². The summed E-state index contributed by atoms with van der Waals surface area (Å²) >= 11 is 0. The zero-order valence-electron chi connectivity index (χ0n) is 16.1. The molecule has 1 aromatic carbocycles. The molecular formula is C18H23N3O7S2. The number of nitrogens with one attached hydrogen (secondary N) is 2. The maximum Gasteiger partial charge on any atom is 0.251 e. The Balaban J connectivity index is 1.52. The first kappa shape index (κ1) is 22.4. The minimum absolute atomic E-state index is 0.000464. The van der Waals surface area contributed by atoms with Gasteiger partial charge in [-0.2, -0.15) is 4.31 Å². The molecule has 1 aliphatic heterocycles. The van der Waals surface area contributed by atoms with E-state index in [0.717, 1.165) is 0 Å². The highest BCUT2D eigenvalue weighted by atomic mass is 32.2. The van der Waals surface area contributed by atoms with Crippen LogP contribution in [0.25, 0.3) is 0 Å². The van der Waals surface area contributed by atoms with Gasteiger partial charge in [-0.1, -0.05) is 0 Å². The van der Waals surface area contributed by atoms with Gasteiger partial charge in [0.15, 0.2) is 0 Å². The van der Waals surface area contributed by atoms with Gasteiger partial charge in [0.25, 0.3) is 5.91 Å². The molecule has 0 aliphatic carbocycles. The largest absolute Gasteiger partial charge is 0.468 e. The van der Waals surface area contributed by atoms with E-state index in [1.54, 1.807) is 12.1 Å². The highest BCUT2D eigenvalue weighted by Crippen LogP contribution is 2.12. The van der Waals surface area contributed by atoms with Crippen LogP contribution in [0.1, 0.15) is 16.1 Å². The van der Waals surface area contributed by atoms with Crippen LogP contribution in [0.15, 0.2) is 52.0 Å². The van der Waals surface area contributed by atoms with E-state index < -0.39 is 26.0 Å². The SMILES string of the molecule is O=C(NCCS(=O)(=O)N1CCOCC1)c1ccc(S(=O)(=O)NCc2ccco2)cc1. The summed E-state index contributed by atoms with van der Waals surface area (Å²) in [5.41, 5.74) is 0.226. The molecule has 1 aliphatic rings. The zero-order valence-corrected chi connectivity index (χ0v) is 17.7. The van der Waals surface area contributed by atoms with Gasteiger partial charge in [0.1, 0.15) is 5.76 Å². The van der Waals surface area contributed by atoms with Crippen molar-refractivity contribution < 1.29 is 30.8 Å². The maximum absolute atomic E-state index is 12.3. The molecule has 2 heterocycles. The number of benzene rings is 1. The molecule has 0 saturated carbocycles. The Bertz CT molecular complexity index is 1040. The maximum atomic E-state index is 12.3. The van der Waals surface area contributed by atoms with Gasteiger partial charge in [0, 0.05) is 25.2 Å². The molecule has 0 spiro atoms. The van der Waals surface area contributed by atoms with E-state index >= 15 is 0 Å². The lowest BCUT2D eigenvalue weighted by atomic mass is 10.2. The van der Waals surface area contributed by atoms with Gasteiger partial charge < -0.3 is 14.5 Å². The van der Waals surface area contributed by atoms with Crippen molar-refractivity contribution in [1.82, 2.24) is 14.3 Å². The lowest BCUT2D eigenvalue weighted by Crippen LogP contribution is -2.43. The second kappa shape index (κ2) is 9.71. The molecule has 0 bridgehead atoms. The van der Waals surface area contributed by atoms with Crippen molar-refractivity contribution in [3.05, 3.63) is 54.0 Å². The minimum atomic E-state index is -3.76. The molecule has 0 unspecified atom stereocenters. The normalized spacial score (nSPS) is 15.7. The van der Waals surface area contributed by atoms with Crippen LogP contribution < -0.4 is 10.0 Å². The summed E-state index contributed by atoms with van der Waals surface area (Å²) in [5.74, 6) is -0.233. The highest BCUT2D eigenvalue weighted by molar-refractivity contribution is 7.89. The molecule has 3 rings (SSSR count). The molecular weight excluding hydrogens is 434 g/mol. The minimum Gasteiger partial charge on any atom is -0.468 e. The Morgan fingerprint density at radius 2 is 1.73 bits per heavy atom. The lowest BCUT2D eigenvalue weighted by molar-refractivity contribution is 0.0730.